The Bertz CT molecular complexity index is 392. The molecule has 4 nitrogen and oxygen atoms in total. The summed E-state index contributed by atoms with van der Waals surface area (Å²) in [4.78, 5) is 11.3. The molecule has 0 saturated heterocycles. The molecular weight excluding hydrogens is 248 g/mol. The van der Waals surface area contributed by atoms with Crippen molar-refractivity contribution in [1.82, 2.24) is 9.97 Å². The molecule has 0 fully saturated rings. The molecule has 1 rings (SSSR count). The fourth-order valence-corrected chi connectivity index (χ4v) is 2.24. The highest BCUT2D eigenvalue weighted by Crippen LogP contribution is 2.25. The van der Waals surface area contributed by atoms with Crippen LogP contribution in [0, 0.1) is 6.92 Å². The number of anilines is 2. The molecule has 0 aliphatic heterocycles. The van der Waals surface area contributed by atoms with Gasteiger partial charge in [-0.05, 0) is 33.1 Å². The van der Waals surface area contributed by atoms with Crippen LogP contribution < -0.4 is 10.2 Å². The van der Waals surface area contributed by atoms with Crippen LogP contribution in [0.5, 0.6) is 0 Å². The molecule has 0 aliphatic rings. The normalized spacial score (nSPS) is 12.2. The van der Waals surface area contributed by atoms with Crippen molar-refractivity contribution in [3.8, 4) is 0 Å². The zero-order chi connectivity index (χ0) is 15.0. The van der Waals surface area contributed by atoms with Crippen LogP contribution in [0.3, 0.4) is 0 Å². The molecule has 1 unspecified atom stereocenters. The molecule has 0 amide bonds. The van der Waals surface area contributed by atoms with Gasteiger partial charge in [0.25, 0.3) is 0 Å². The Balaban J connectivity index is 2.99. The van der Waals surface area contributed by atoms with Crippen LogP contribution in [0.25, 0.3) is 0 Å². The first-order valence-electron chi connectivity index (χ1n) is 7.97. The van der Waals surface area contributed by atoms with E-state index in [1.165, 1.54) is 12.8 Å². The van der Waals surface area contributed by atoms with Crippen molar-refractivity contribution in [3.05, 3.63) is 11.9 Å². The van der Waals surface area contributed by atoms with Crippen molar-refractivity contribution in [2.45, 2.75) is 66.3 Å². The summed E-state index contributed by atoms with van der Waals surface area (Å²) in [5, 5.41) is 3.39. The zero-order valence-corrected chi connectivity index (χ0v) is 13.7. The number of nitrogens with zero attached hydrogens (tertiary/aromatic N) is 3. The summed E-state index contributed by atoms with van der Waals surface area (Å²) in [6, 6.07) is 0.508. The van der Waals surface area contributed by atoms with E-state index in [0.29, 0.717) is 6.04 Å². The van der Waals surface area contributed by atoms with Gasteiger partial charge in [0.15, 0.2) is 0 Å². The predicted molar refractivity (Wildman–Crippen MR) is 87.6 cm³/mol. The Morgan fingerprint density at radius 2 is 1.95 bits per heavy atom. The molecule has 1 heterocycles. The van der Waals surface area contributed by atoms with Gasteiger partial charge in [-0.1, -0.05) is 27.2 Å². The highest BCUT2D eigenvalue weighted by atomic mass is 15.2. The smallest absolute Gasteiger partial charge is 0.137 e. The van der Waals surface area contributed by atoms with Gasteiger partial charge in [-0.15, -0.1) is 0 Å². The summed E-state index contributed by atoms with van der Waals surface area (Å²) in [6.07, 6.45) is 6.32. The molecule has 0 saturated carbocycles. The summed E-state index contributed by atoms with van der Waals surface area (Å²) >= 11 is 0. The van der Waals surface area contributed by atoms with Crippen LogP contribution in [0.2, 0.25) is 0 Å². The second-order valence-corrected chi connectivity index (χ2v) is 5.40. The molecule has 4 heteroatoms. The third kappa shape index (κ3) is 4.36. The molecule has 1 aromatic rings. The molecule has 114 valence electrons. The standard InChI is InChI=1S/C16H30N4/c1-6-9-11-20(13(4)8-3)16-14(5)15(17-10-7-2)18-12-19-16/h12-13H,6-11H2,1-5H3,(H,17,18,19). The number of aromatic nitrogens is 2. The van der Waals surface area contributed by atoms with E-state index in [4.69, 9.17) is 0 Å². The SMILES string of the molecule is CCCCN(c1ncnc(NCCC)c1C)C(C)CC. The topological polar surface area (TPSA) is 41.1 Å². The van der Waals surface area contributed by atoms with Crippen LogP contribution in [0.4, 0.5) is 11.6 Å². The Kier molecular flexibility index (Phi) is 7.34. The van der Waals surface area contributed by atoms with Crippen LogP contribution >= 0.6 is 0 Å². The highest BCUT2D eigenvalue weighted by Gasteiger charge is 2.18. The van der Waals surface area contributed by atoms with E-state index in [1.54, 1.807) is 6.33 Å². The maximum Gasteiger partial charge on any atom is 0.137 e. The first kappa shape index (κ1) is 16.7. The van der Waals surface area contributed by atoms with Crippen LogP contribution in [0.15, 0.2) is 6.33 Å². The van der Waals surface area contributed by atoms with Crippen molar-refractivity contribution in [1.29, 1.82) is 0 Å². The van der Waals surface area contributed by atoms with Crippen molar-refractivity contribution >= 4 is 11.6 Å². The lowest BCUT2D eigenvalue weighted by atomic mass is 10.1. The monoisotopic (exact) mass is 278 g/mol. The lowest BCUT2D eigenvalue weighted by Crippen LogP contribution is -2.35. The van der Waals surface area contributed by atoms with Crippen LogP contribution in [-0.4, -0.2) is 29.1 Å². The van der Waals surface area contributed by atoms with Crippen molar-refractivity contribution < 1.29 is 0 Å². The number of hydrogen-bond acceptors (Lipinski definition) is 4. The minimum atomic E-state index is 0.508. The molecular formula is C16H30N4. The summed E-state index contributed by atoms with van der Waals surface area (Å²) in [7, 11) is 0. The Hall–Kier alpha value is -1.32. The number of hydrogen-bond donors (Lipinski definition) is 1. The summed E-state index contributed by atoms with van der Waals surface area (Å²) in [6.45, 7) is 13.0. The van der Waals surface area contributed by atoms with Gasteiger partial charge >= 0.3 is 0 Å². The Morgan fingerprint density at radius 3 is 2.55 bits per heavy atom. The molecule has 1 atom stereocenters. The minimum absolute atomic E-state index is 0.508. The van der Waals surface area contributed by atoms with E-state index in [9.17, 15) is 0 Å². The molecule has 0 aliphatic carbocycles. The predicted octanol–water partition coefficient (Wildman–Crippen LogP) is 4.01. The summed E-state index contributed by atoms with van der Waals surface area (Å²) in [5.74, 6) is 2.06. The second kappa shape index (κ2) is 8.77. The molecule has 0 bridgehead atoms. The van der Waals surface area contributed by atoms with Crippen molar-refractivity contribution in [3.63, 3.8) is 0 Å². The fourth-order valence-electron chi connectivity index (χ4n) is 2.24. The molecule has 1 aromatic heterocycles. The third-order valence-electron chi connectivity index (χ3n) is 3.75. The van der Waals surface area contributed by atoms with Gasteiger partial charge in [0, 0.05) is 24.7 Å². The van der Waals surface area contributed by atoms with Crippen molar-refractivity contribution in [2.75, 3.05) is 23.3 Å². The summed E-state index contributed by atoms with van der Waals surface area (Å²) in [5.41, 5.74) is 1.16. The average molecular weight is 278 g/mol. The Labute approximate surface area is 124 Å². The second-order valence-electron chi connectivity index (χ2n) is 5.40. The van der Waals surface area contributed by atoms with E-state index in [1.807, 2.05) is 0 Å². The number of nitrogens with one attached hydrogen (secondary N) is 1. The van der Waals surface area contributed by atoms with Gasteiger partial charge < -0.3 is 10.2 Å². The van der Waals surface area contributed by atoms with Gasteiger partial charge in [0.2, 0.25) is 0 Å². The van der Waals surface area contributed by atoms with E-state index in [-0.39, 0.29) is 0 Å². The largest absolute Gasteiger partial charge is 0.370 e. The minimum Gasteiger partial charge on any atom is -0.370 e. The van der Waals surface area contributed by atoms with Crippen molar-refractivity contribution in [2.24, 2.45) is 0 Å². The van der Waals surface area contributed by atoms with E-state index < -0.39 is 0 Å². The van der Waals surface area contributed by atoms with Gasteiger partial charge in [-0.25, -0.2) is 9.97 Å². The van der Waals surface area contributed by atoms with Gasteiger partial charge in [0.05, 0.1) is 0 Å². The lowest BCUT2D eigenvalue weighted by Gasteiger charge is -2.31. The number of unbranched alkanes of at least 4 members (excludes halogenated alkanes) is 1. The van der Waals surface area contributed by atoms with Gasteiger partial charge in [-0.2, -0.15) is 0 Å². The maximum atomic E-state index is 4.54. The third-order valence-corrected chi connectivity index (χ3v) is 3.75. The highest BCUT2D eigenvalue weighted by molar-refractivity contribution is 5.58. The van der Waals surface area contributed by atoms with Gasteiger partial charge in [0.1, 0.15) is 18.0 Å². The average Bonchev–Trinajstić information content (AvgIpc) is 2.47. The fraction of sp³-hybridized carbons (Fsp3) is 0.750. The maximum absolute atomic E-state index is 4.54. The molecule has 0 radical (unpaired) electrons. The molecule has 1 N–H and O–H groups in total. The lowest BCUT2D eigenvalue weighted by molar-refractivity contribution is 0.587. The molecule has 0 aromatic carbocycles. The molecule has 0 spiro atoms. The number of rotatable bonds is 9. The van der Waals surface area contributed by atoms with E-state index in [0.717, 1.165) is 43.1 Å². The Morgan fingerprint density at radius 1 is 1.20 bits per heavy atom. The first-order valence-corrected chi connectivity index (χ1v) is 7.97. The zero-order valence-electron chi connectivity index (χ0n) is 13.7. The van der Waals surface area contributed by atoms with Gasteiger partial charge in [-0.3, -0.25) is 0 Å². The van der Waals surface area contributed by atoms with E-state index in [2.05, 4.69) is 54.8 Å². The summed E-state index contributed by atoms with van der Waals surface area (Å²) < 4.78 is 0. The first-order chi connectivity index (χ1) is 9.65. The quantitative estimate of drug-likeness (QED) is 0.741. The van der Waals surface area contributed by atoms with Crippen LogP contribution in [-0.2, 0) is 0 Å². The van der Waals surface area contributed by atoms with E-state index >= 15 is 0 Å². The van der Waals surface area contributed by atoms with Crippen LogP contribution in [0.1, 0.15) is 58.9 Å². The molecule has 20 heavy (non-hydrogen) atoms.